The number of allylic oxidation sites excluding steroid dienone is 8. The second-order valence-corrected chi connectivity index (χ2v) is 15.0. The van der Waals surface area contributed by atoms with Gasteiger partial charge < -0.3 is 15.6 Å². The van der Waals surface area contributed by atoms with Crippen LogP contribution in [0.25, 0.3) is 44.6 Å². The Morgan fingerprint density at radius 2 is 1.42 bits per heavy atom. The molecule has 3 N–H and O–H groups in total. The van der Waals surface area contributed by atoms with E-state index in [0.29, 0.717) is 12.0 Å². The molecule has 1 heterocycles. The molecule has 0 saturated heterocycles. The zero-order chi connectivity index (χ0) is 36.8. The monoisotopic (exact) mass is 713 g/mol. The molecule has 0 spiro atoms. The third kappa shape index (κ3) is 7.84. The van der Waals surface area contributed by atoms with Gasteiger partial charge in [-0.25, -0.2) is 0 Å². The largest absolute Gasteiger partial charge is 0.381 e. The highest BCUT2D eigenvalue weighted by Gasteiger charge is 2.20. The standard InChI is InChI=1S/C52H47N3/c1-3-14-37(15-4-1)45-35-52(53-36-45)39-30-28-38(29-31-39)40-16-11-19-43(32-40)49-25-8-10-27-51(49)55-47-23-13-18-42(34-47)41-17-12-20-44(33-41)48-24-7-9-26-50(48)54-46-21-5-2-6-22-46/h1-5,7,9-20,23-24,26-31,33-36,40,46,53-55H,6,8,21-22,25,32H2. The smallest absolute Gasteiger partial charge is 0.0460 e. The van der Waals surface area contributed by atoms with E-state index < -0.39 is 0 Å². The second kappa shape index (κ2) is 16.0. The van der Waals surface area contributed by atoms with Crippen LogP contribution in [0.3, 0.4) is 0 Å². The summed E-state index contributed by atoms with van der Waals surface area (Å²) in [5.74, 6) is 0.340. The molecule has 1 aromatic heterocycles. The molecule has 2 unspecified atom stereocenters. The van der Waals surface area contributed by atoms with E-state index in [0.717, 1.165) is 43.5 Å². The van der Waals surface area contributed by atoms with Crippen molar-refractivity contribution in [3.8, 4) is 44.6 Å². The molecule has 2 atom stereocenters. The Kier molecular flexibility index (Phi) is 10.00. The van der Waals surface area contributed by atoms with Crippen molar-refractivity contribution in [3.05, 3.63) is 205 Å². The maximum atomic E-state index is 3.84. The molecule has 55 heavy (non-hydrogen) atoms. The molecule has 0 amide bonds. The summed E-state index contributed by atoms with van der Waals surface area (Å²) in [6, 6.07) is 48.9. The Balaban J connectivity index is 0.910. The van der Waals surface area contributed by atoms with E-state index in [2.05, 4.69) is 198 Å². The molecular formula is C52H47N3. The quantitative estimate of drug-likeness (QED) is 0.124. The lowest BCUT2D eigenvalue weighted by Gasteiger charge is -2.25. The number of rotatable bonds is 10. The Morgan fingerprint density at radius 3 is 2.29 bits per heavy atom. The lowest BCUT2D eigenvalue weighted by molar-refractivity contribution is 0.645. The SMILES string of the molecule is C1=CC(c2ccc(-c3cc(-c4ccccc4)c[nH]3)cc2)CC(C2=C(Nc3cccc(-c4cccc(-c5ccccc5NC5CC=CCC5)c4)c3)C=CCC2)=C1. The van der Waals surface area contributed by atoms with Crippen molar-refractivity contribution < 1.29 is 0 Å². The van der Waals surface area contributed by atoms with Crippen molar-refractivity contribution in [2.45, 2.75) is 50.5 Å². The van der Waals surface area contributed by atoms with Gasteiger partial charge in [-0.3, -0.25) is 0 Å². The van der Waals surface area contributed by atoms with Crippen LogP contribution in [-0.4, -0.2) is 11.0 Å². The van der Waals surface area contributed by atoms with Crippen molar-refractivity contribution in [1.82, 2.24) is 4.98 Å². The van der Waals surface area contributed by atoms with Crippen LogP contribution >= 0.6 is 0 Å². The van der Waals surface area contributed by atoms with Gasteiger partial charge in [0.15, 0.2) is 0 Å². The third-order valence-electron chi connectivity index (χ3n) is 11.3. The number of hydrogen-bond donors (Lipinski definition) is 3. The molecule has 3 heteroatoms. The van der Waals surface area contributed by atoms with E-state index in [-0.39, 0.29) is 0 Å². The Labute approximate surface area is 325 Å². The van der Waals surface area contributed by atoms with Gasteiger partial charge in [0.25, 0.3) is 0 Å². The van der Waals surface area contributed by atoms with Gasteiger partial charge in [0.2, 0.25) is 0 Å². The number of H-pyrrole nitrogens is 1. The van der Waals surface area contributed by atoms with Gasteiger partial charge in [0.05, 0.1) is 0 Å². The summed E-state index contributed by atoms with van der Waals surface area (Å²) in [5, 5.41) is 7.68. The first-order chi connectivity index (χ1) is 27.2. The summed E-state index contributed by atoms with van der Waals surface area (Å²) in [4.78, 5) is 3.48. The van der Waals surface area contributed by atoms with Crippen molar-refractivity contribution in [2.24, 2.45) is 0 Å². The minimum Gasteiger partial charge on any atom is -0.381 e. The van der Waals surface area contributed by atoms with Crippen molar-refractivity contribution >= 4 is 11.4 Å². The Bertz CT molecular complexity index is 2440. The Morgan fingerprint density at radius 1 is 0.618 bits per heavy atom. The van der Waals surface area contributed by atoms with Gasteiger partial charge in [0, 0.05) is 46.5 Å². The van der Waals surface area contributed by atoms with Gasteiger partial charge in [-0.1, -0.05) is 140 Å². The fraction of sp³-hybridized carbons (Fsp3) is 0.154. The zero-order valence-corrected chi connectivity index (χ0v) is 31.2. The first kappa shape index (κ1) is 34.4. The molecule has 3 aliphatic carbocycles. The van der Waals surface area contributed by atoms with E-state index in [1.165, 1.54) is 73.5 Å². The number of aromatic nitrogens is 1. The fourth-order valence-electron chi connectivity index (χ4n) is 8.32. The number of anilines is 2. The predicted molar refractivity (Wildman–Crippen MR) is 233 cm³/mol. The minimum atomic E-state index is 0.340. The minimum absolute atomic E-state index is 0.340. The maximum Gasteiger partial charge on any atom is 0.0460 e. The molecule has 0 bridgehead atoms. The third-order valence-corrected chi connectivity index (χ3v) is 11.3. The molecule has 3 aliphatic rings. The van der Waals surface area contributed by atoms with Crippen LogP contribution in [0, 0.1) is 0 Å². The second-order valence-electron chi connectivity index (χ2n) is 15.0. The van der Waals surface area contributed by atoms with Crippen molar-refractivity contribution in [1.29, 1.82) is 0 Å². The molecule has 270 valence electrons. The first-order valence-electron chi connectivity index (χ1n) is 19.8. The normalized spacial score (nSPS) is 17.9. The van der Waals surface area contributed by atoms with Crippen molar-refractivity contribution in [3.63, 3.8) is 0 Å². The van der Waals surface area contributed by atoms with Crippen LogP contribution in [0.2, 0.25) is 0 Å². The molecule has 6 aromatic rings. The number of aromatic amines is 1. The molecule has 5 aromatic carbocycles. The van der Waals surface area contributed by atoms with Crippen LogP contribution < -0.4 is 10.6 Å². The lowest BCUT2D eigenvalue weighted by Crippen LogP contribution is -2.20. The predicted octanol–water partition coefficient (Wildman–Crippen LogP) is 13.9. The molecule has 3 nitrogen and oxygen atoms in total. The van der Waals surface area contributed by atoms with E-state index in [4.69, 9.17) is 0 Å². The average molecular weight is 714 g/mol. The highest BCUT2D eigenvalue weighted by molar-refractivity contribution is 5.82. The molecule has 0 fully saturated rings. The van der Waals surface area contributed by atoms with Gasteiger partial charge in [-0.15, -0.1) is 0 Å². The average Bonchev–Trinajstić information content (AvgIpc) is 3.76. The number of nitrogens with one attached hydrogen (secondary N) is 3. The van der Waals surface area contributed by atoms with Crippen LogP contribution in [-0.2, 0) is 0 Å². The van der Waals surface area contributed by atoms with E-state index in [1.807, 2.05) is 0 Å². The van der Waals surface area contributed by atoms with Crippen LogP contribution in [0.1, 0.15) is 50.0 Å². The summed E-state index contributed by atoms with van der Waals surface area (Å²) in [5.41, 5.74) is 17.4. The highest BCUT2D eigenvalue weighted by atomic mass is 14.9. The van der Waals surface area contributed by atoms with E-state index in [1.54, 1.807) is 0 Å². The van der Waals surface area contributed by atoms with E-state index >= 15 is 0 Å². The van der Waals surface area contributed by atoms with Crippen LogP contribution in [0.15, 0.2) is 199 Å². The number of benzene rings is 5. The first-order valence-corrected chi connectivity index (χ1v) is 19.8. The molecule has 0 aliphatic heterocycles. The van der Waals surface area contributed by atoms with Gasteiger partial charge in [-0.2, -0.15) is 0 Å². The van der Waals surface area contributed by atoms with Gasteiger partial charge in [0.1, 0.15) is 0 Å². The highest BCUT2D eigenvalue weighted by Crippen LogP contribution is 2.38. The van der Waals surface area contributed by atoms with Crippen LogP contribution in [0.4, 0.5) is 11.4 Å². The van der Waals surface area contributed by atoms with Crippen molar-refractivity contribution in [2.75, 3.05) is 10.6 Å². The molecule has 0 saturated carbocycles. The number of hydrogen-bond acceptors (Lipinski definition) is 2. The summed E-state index contributed by atoms with van der Waals surface area (Å²) < 4.78 is 0. The summed E-state index contributed by atoms with van der Waals surface area (Å²) in [7, 11) is 0. The topological polar surface area (TPSA) is 39.9 Å². The summed E-state index contributed by atoms with van der Waals surface area (Å²) in [6.45, 7) is 0. The lowest BCUT2D eigenvalue weighted by atomic mass is 9.82. The van der Waals surface area contributed by atoms with E-state index in [9.17, 15) is 0 Å². The summed E-state index contributed by atoms with van der Waals surface area (Å²) >= 11 is 0. The molecule has 9 rings (SSSR count). The summed E-state index contributed by atoms with van der Waals surface area (Å²) in [6.07, 6.45) is 24.7. The molecule has 0 radical (unpaired) electrons. The van der Waals surface area contributed by atoms with Gasteiger partial charge >= 0.3 is 0 Å². The number of para-hydroxylation sites is 1. The fourth-order valence-corrected chi connectivity index (χ4v) is 8.32. The maximum absolute atomic E-state index is 3.84. The zero-order valence-electron chi connectivity index (χ0n) is 31.2. The molecular weight excluding hydrogens is 667 g/mol. The van der Waals surface area contributed by atoms with Gasteiger partial charge in [-0.05, 0) is 125 Å². The van der Waals surface area contributed by atoms with Crippen LogP contribution in [0.5, 0.6) is 0 Å². The Hall–Kier alpha value is -6.32.